The van der Waals surface area contributed by atoms with Crippen molar-refractivity contribution in [2.24, 2.45) is 11.8 Å². The molecule has 4 nitrogen and oxygen atoms in total. The summed E-state index contributed by atoms with van der Waals surface area (Å²) >= 11 is 1.69. The Kier molecular flexibility index (Phi) is 3.66. The molecule has 1 aliphatic carbocycles. The fourth-order valence-corrected chi connectivity index (χ4v) is 4.32. The fraction of sp³-hybridized carbons (Fsp3) is 0.769. The summed E-state index contributed by atoms with van der Waals surface area (Å²) in [6.45, 7) is 0.877. The van der Waals surface area contributed by atoms with Crippen molar-refractivity contribution in [1.29, 1.82) is 0 Å². The van der Waals surface area contributed by atoms with Gasteiger partial charge in [-0.1, -0.05) is 12.8 Å². The van der Waals surface area contributed by atoms with Crippen LogP contribution in [0.5, 0.6) is 0 Å². The Balaban J connectivity index is 1.74. The maximum Gasteiger partial charge on any atom is 0.0794 e. The number of hydrogen-bond acceptors (Lipinski definition) is 5. The third-order valence-corrected chi connectivity index (χ3v) is 5.31. The first-order valence-corrected chi connectivity index (χ1v) is 7.69. The van der Waals surface area contributed by atoms with Crippen molar-refractivity contribution < 1.29 is 4.74 Å². The van der Waals surface area contributed by atoms with Crippen LogP contribution >= 0.6 is 11.3 Å². The molecule has 1 aromatic rings. The summed E-state index contributed by atoms with van der Waals surface area (Å²) in [4.78, 5) is 5.41. The molecule has 0 radical (unpaired) electrons. The molecule has 18 heavy (non-hydrogen) atoms. The number of thiazole rings is 1. The second kappa shape index (κ2) is 5.25. The normalized spacial score (nSPS) is 28.6. The molecule has 2 unspecified atom stereocenters. The first-order chi connectivity index (χ1) is 8.83. The average Bonchev–Trinajstić information content (AvgIpc) is 3.03. The van der Waals surface area contributed by atoms with Crippen LogP contribution in [0.25, 0.3) is 0 Å². The van der Waals surface area contributed by atoms with Gasteiger partial charge in [0.25, 0.3) is 0 Å². The Labute approximate surface area is 112 Å². The number of nitrogens with one attached hydrogen (secondary N) is 1. The summed E-state index contributed by atoms with van der Waals surface area (Å²) in [6, 6.07) is 0.235. The van der Waals surface area contributed by atoms with Crippen molar-refractivity contribution in [2.45, 2.75) is 50.2 Å². The van der Waals surface area contributed by atoms with Gasteiger partial charge in [0.1, 0.15) is 0 Å². The van der Waals surface area contributed by atoms with E-state index in [2.05, 4.69) is 10.4 Å². The van der Waals surface area contributed by atoms with Gasteiger partial charge < -0.3 is 4.74 Å². The quantitative estimate of drug-likeness (QED) is 0.652. The molecule has 1 spiro atoms. The number of nitrogens with zero attached hydrogens (tertiary/aromatic N) is 1. The van der Waals surface area contributed by atoms with Gasteiger partial charge in [0.05, 0.1) is 17.2 Å². The lowest BCUT2D eigenvalue weighted by Gasteiger charge is -2.40. The largest absolute Gasteiger partial charge is 0.375 e. The summed E-state index contributed by atoms with van der Waals surface area (Å²) in [6.07, 6.45) is 9.25. The lowest BCUT2D eigenvalue weighted by Crippen LogP contribution is -2.43. The molecule has 1 aromatic heterocycles. The molecule has 100 valence electrons. The minimum absolute atomic E-state index is 0.155. The van der Waals surface area contributed by atoms with Crippen LogP contribution in [-0.2, 0) is 4.74 Å². The molecule has 2 fully saturated rings. The molecule has 2 heterocycles. The third kappa shape index (κ3) is 2.32. The van der Waals surface area contributed by atoms with Gasteiger partial charge in [-0.15, -0.1) is 11.3 Å². The fourth-order valence-electron chi connectivity index (χ4n) is 3.55. The summed E-state index contributed by atoms with van der Waals surface area (Å²) in [5, 5.41) is 0. The zero-order valence-corrected chi connectivity index (χ0v) is 11.4. The van der Waals surface area contributed by atoms with Crippen molar-refractivity contribution >= 4 is 11.3 Å². The van der Waals surface area contributed by atoms with Gasteiger partial charge in [-0.05, 0) is 31.6 Å². The molecule has 3 N–H and O–H groups in total. The van der Waals surface area contributed by atoms with E-state index in [1.54, 1.807) is 11.3 Å². The highest BCUT2D eigenvalue weighted by atomic mass is 32.1. The van der Waals surface area contributed by atoms with Gasteiger partial charge >= 0.3 is 0 Å². The highest BCUT2D eigenvalue weighted by Gasteiger charge is 2.42. The van der Waals surface area contributed by atoms with Crippen LogP contribution < -0.4 is 11.3 Å². The average molecular weight is 267 g/mol. The van der Waals surface area contributed by atoms with Gasteiger partial charge in [-0.3, -0.25) is 16.3 Å². The number of hydrogen-bond donors (Lipinski definition) is 2. The number of ether oxygens (including phenoxy) is 1. The molecular formula is C13H21N3OS. The molecule has 0 bridgehead atoms. The van der Waals surface area contributed by atoms with Crippen LogP contribution in [0.2, 0.25) is 0 Å². The van der Waals surface area contributed by atoms with E-state index < -0.39 is 0 Å². The maximum atomic E-state index is 6.09. The first-order valence-electron chi connectivity index (χ1n) is 6.81. The predicted octanol–water partition coefficient (Wildman–Crippen LogP) is 2.39. The van der Waals surface area contributed by atoms with Crippen molar-refractivity contribution in [3.8, 4) is 0 Å². The van der Waals surface area contributed by atoms with Crippen molar-refractivity contribution in [3.63, 3.8) is 0 Å². The Morgan fingerprint density at radius 2 is 2.33 bits per heavy atom. The second-order valence-electron chi connectivity index (χ2n) is 5.54. The number of aromatic nitrogens is 1. The van der Waals surface area contributed by atoms with E-state index in [4.69, 9.17) is 10.6 Å². The van der Waals surface area contributed by atoms with E-state index in [1.807, 2.05) is 11.7 Å². The van der Waals surface area contributed by atoms with Gasteiger partial charge in [-0.2, -0.15) is 0 Å². The van der Waals surface area contributed by atoms with Crippen LogP contribution in [0.4, 0.5) is 0 Å². The monoisotopic (exact) mass is 267 g/mol. The van der Waals surface area contributed by atoms with Crippen molar-refractivity contribution in [1.82, 2.24) is 10.4 Å². The Hall–Kier alpha value is -0.490. The molecule has 0 aromatic carbocycles. The topological polar surface area (TPSA) is 60.2 Å². The zero-order valence-electron chi connectivity index (χ0n) is 10.6. The number of nitrogens with two attached hydrogens (primary N) is 1. The Morgan fingerprint density at radius 3 is 3.00 bits per heavy atom. The van der Waals surface area contributed by atoms with E-state index >= 15 is 0 Å². The van der Waals surface area contributed by atoms with Gasteiger partial charge in [0.2, 0.25) is 0 Å². The molecule has 1 aliphatic heterocycles. The van der Waals surface area contributed by atoms with E-state index in [0.717, 1.165) is 19.4 Å². The molecule has 3 rings (SSSR count). The lowest BCUT2D eigenvalue weighted by molar-refractivity contribution is -0.0980. The minimum Gasteiger partial charge on any atom is -0.375 e. The van der Waals surface area contributed by atoms with Gasteiger partial charge in [-0.25, -0.2) is 0 Å². The maximum absolute atomic E-state index is 6.09. The van der Waals surface area contributed by atoms with Crippen LogP contribution in [0, 0.1) is 5.92 Å². The third-order valence-electron chi connectivity index (χ3n) is 4.45. The molecule has 1 saturated heterocycles. The zero-order chi connectivity index (χ0) is 12.4. The number of rotatable bonds is 3. The summed E-state index contributed by atoms with van der Waals surface area (Å²) < 4.78 is 6.09. The highest BCUT2D eigenvalue weighted by molar-refractivity contribution is 7.09. The number of hydrazine groups is 1. The minimum atomic E-state index is 0.155. The van der Waals surface area contributed by atoms with Crippen LogP contribution in [0.1, 0.15) is 49.4 Å². The molecule has 2 atom stereocenters. The smallest absolute Gasteiger partial charge is 0.0794 e. The van der Waals surface area contributed by atoms with Crippen LogP contribution in [-0.4, -0.2) is 17.2 Å². The molecule has 2 aliphatic rings. The van der Waals surface area contributed by atoms with Gasteiger partial charge in [0.15, 0.2) is 0 Å². The second-order valence-corrected chi connectivity index (χ2v) is 6.46. The van der Waals surface area contributed by atoms with Crippen molar-refractivity contribution in [2.75, 3.05) is 6.61 Å². The summed E-state index contributed by atoms with van der Waals surface area (Å²) in [5.74, 6) is 6.34. The molecular weight excluding hydrogens is 246 g/mol. The SMILES string of the molecule is NNC(c1cncs1)C1CCOC2(CCCC2)C1. The van der Waals surface area contributed by atoms with E-state index in [9.17, 15) is 0 Å². The van der Waals surface area contributed by atoms with Gasteiger partial charge in [0, 0.05) is 17.7 Å². The molecule has 1 saturated carbocycles. The Bertz CT molecular complexity index is 376. The molecule has 5 heteroatoms. The van der Waals surface area contributed by atoms with E-state index in [-0.39, 0.29) is 11.6 Å². The van der Waals surface area contributed by atoms with E-state index in [1.165, 1.54) is 30.6 Å². The predicted molar refractivity (Wildman–Crippen MR) is 72.1 cm³/mol. The first kappa shape index (κ1) is 12.5. The van der Waals surface area contributed by atoms with Crippen molar-refractivity contribution in [3.05, 3.63) is 16.6 Å². The van der Waals surface area contributed by atoms with Crippen LogP contribution in [0.3, 0.4) is 0 Å². The summed E-state index contributed by atoms with van der Waals surface area (Å²) in [7, 11) is 0. The summed E-state index contributed by atoms with van der Waals surface area (Å²) in [5.41, 5.74) is 5.03. The Morgan fingerprint density at radius 1 is 1.50 bits per heavy atom. The lowest BCUT2D eigenvalue weighted by atomic mass is 9.80. The molecule has 0 amide bonds. The van der Waals surface area contributed by atoms with Crippen LogP contribution in [0.15, 0.2) is 11.7 Å². The standard InChI is InChI=1S/C13H21N3OS/c14-16-12(11-8-15-9-18-11)10-3-6-17-13(7-10)4-1-2-5-13/h8-10,12,16H,1-7,14H2. The van der Waals surface area contributed by atoms with E-state index in [0.29, 0.717) is 5.92 Å². The highest BCUT2D eigenvalue weighted by Crippen LogP contribution is 2.45.